The van der Waals surface area contributed by atoms with E-state index >= 15 is 0 Å². The van der Waals surface area contributed by atoms with Crippen molar-refractivity contribution in [2.75, 3.05) is 16.8 Å². The Bertz CT molecular complexity index is 1140. The molecule has 4 rings (SSSR count). The molecular weight excluding hydrogens is 366 g/mol. The molecule has 29 heavy (non-hydrogen) atoms. The first-order valence-corrected chi connectivity index (χ1v) is 9.51. The van der Waals surface area contributed by atoms with Crippen molar-refractivity contribution in [3.8, 4) is 6.07 Å². The quantitative estimate of drug-likeness (QED) is 0.651. The minimum absolute atomic E-state index is 0.0238. The van der Waals surface area contributed by atoms with Gasteiger partial charge in [-0.15, -0.1) is 0 Å². The summed E-state index contributed by atoms with van der Waals surface area (Å²) in [6.45, 7) is 4.30. The number of benzene rings is 2. The zero-order chi connectivity index (χ0) is 20.6. The molecule has 3 aromatic rings. The summed E-state index contributed by atoms with van der Waals surface area (Å²) in [5.74, 6) is 0.138. The summed E-state index contributed by atoms with van der Waals surface area (Å²) in [6, 6.07) is 14.9. The van der Waals surface area contributed by atoms with Crippen LogP contribution < -0.4 is 10.2 Å². The lowest BCUT2D eigenvalue weighted by atomic mass is 9.86. The van der Waals surface area contributed by atoms with E-state index in [0.29, 0.717) is 36.4 Å². The Kier molecular flexibility index (Phi) is 4.55. The third kappa shape index (κ3) is 3.23. The number of fused-ring (bicyclic) bond motifs is 2. The van der Waals surface area contributed by atoms with Crippen LogP contribution in [0.4, 0.5) is 11.6 Å². The maximum atomic E-state index is 12.9. The second-order valence-corrected chi connectivity index (χ2v) is 7.64. The third-order valence-corrected chi connectivity index (χ3v) is 5.28. The maximum Gasteiger partial charge on any atom is 0.257 e. The van der Waals surface area contributed by atoms with E-state index in [9.17, 15) is 9.59 Å². The molecule has 2 aromatic carbocycles. The minimum Gasteiger partial charge on any atom is -0.324 e. The minimum atomic E-state index is -0.664. The van der Waals surface area contributed by atoms with Gasteiger partial charge in [-0.2, -0.15) is 5.26 Å². The van der Waals surface area contributed by atoms with Crippen LogP contribution in [-0.4, -0.2) is 28.3 Å². The Morgan fingerprint density at radius 1 is 1.28 bits per heavy atom. The molecule has 2 amide bonds. The molecule has 1 aromatic heterocycles. The number of nitrogens with one attached hydrogen (secondary N) is 2. The zero-order valence-corrected chi connectivity index (χ0v) is 16.3. The second kappa shape index (κ2) is 7.06. The number of carbonyl (C=O) groups excluding carboxylic acids is 2. The summed E-state index contributed by atoms with van der Waals surface area (Å²) >= 11 is 0. The van der Waals surface area contributed by atoms with Gasteiger partial charge in [0.25, 0.3) is 5.91 Å². The van der Waals surface area contributed by atoms with Gasteiger partial charge in [0.15, 0.2) is 0 Å². The number of anilines is 2. The normalized spacial score (nSPS) is 14.7. The van der Waals surface area contributed by atoms with Gasteiger partial charge in [0.2, 0.25) is 11.9 Å². The number of imidazole rings is 1. The lowest BCUT2D eigenvalue weighted by Gasteiger charge is -2.19. The maximum absolute atomic E-state index is 12.9. The van der Waals surface area contributed by atoms with Gasteiger partial charge in [0.1, 0.15) is 0 Å². The van der Waals surface area contributed by atoms with Crippen LogP contribution in [0.3, 0.4) is 0 Å². The van der Waals surface area contributed by atoms with E-state index in [2.05, 4.69) is 21.4 Å². The molecule has 7 nitrogen and oxygen atoms in total. The number of nitriles is 1. The number of amides is 2. The first-order valence-electron chi connectivity index (χ1n) is 9.51. The number of aromatic nitrogens is 2. The predicted molar refractivity (Wildman–Crippen MR) is 111 cm³/mol. The van der Waals surface area contributed by atoms with Gasteiger partial charge in [-0.1, -0.05) is 18.2 Å². The van der Waals surface area contributed by atoms with Crippen molar-refractivity contribution in [3.05, 3.63) is 53.6 Å². The highest BCUT2D eigenvalue weighted by Gasteiger charge is 2.44. The van der Waals surface area contributed by atoms with Crippen molar-refractivity contribution in [1.82, 2.24) is 9.97 Å². The second-order valence-electron chi connectivity index (χ2n) is 7.64. The van der Waals surface area contributed by atoms with Crippen molar-refractivity contribution in [2.45, 2.75) is 32.1 Å². The van der Waals surface area contributed by atoms with Crippen LogP contribution in [0.2, 0.25) is 0 Å². The van der Waals surface area contributed by atoms with Crippen molar-refractivity contribution >= 4 is 34.5 Å². The summed E-state index contributed by atoms with van der Waals surface area (Å²) in [7, 11) is 0. The number of carbonyl (C=O) groups is 2. The molecule has 0 unspecified atom stereocenters. The SMILES string of the molecule is CC1(C)C(=O)N(CCCC#N)c2cc3[nH]c(NC(=O)c4ccccc4)nc3cc21. The molecule has 0 aliphatic carbocycles. The van der Waals surface area contributed by atoms with E-state index in [-0.39, 0.29) is 11.8 Å². The highest BCUT2D eigenvalue weighted by Crippen LogP contribution is 2.43. The van der Waals surface area contributed by atoms with Crippen LogP contribution in [0.5, 0.6) is 0 Å². The summed E-state index contributed by atoms with van der Waals surface area (Å²) in [5.41, 5.74) is 3.04. The van der Waals surface area contributed by atoms with E-state index in [4.69, 9.17) is 5.26 Å². The van der Waals surface area contributed by atoms with Gasteiger partial charge in [-0.05, 0) is 50.1 Å². The lowest BCUT2D eigenvalue weighted by Crippen LogP contribution is -2.36. The molecule has 0 radical (unpaired) electrons. The topological polar surface area (TPSA) is 102 Å². The average molecular weight is 387 g/mol. The van der Waals surface area contributed by atoms with Gasteiger partial charge >= 0.3 is 0 Å². The van der Waals surface area contributed by atoms with Crippen LogP contribution >= 0.6 is 0 Å². The first kappa shape index (κ1) is 18.7. The Labute approximate surface area is 168 Å². The Morgan fingerprint density at radius 3 is 2.76 bits per heavy atom. The predicted octanol–water partition coefficient (Wildman–Crippen LogP) is 3.74. The molecule has 1 aliphatic heterocycles. The van der Waals surface area contributed by atoms with Gasteiger partial charge < -0.3 is 9.88 Å². The summed E-state index contributed by atoms with van der Waals surface area (Å²) in [5, 5.41) is 11.6. The number of H-pyrrole nitrogens is 1. The fraction of sp³-hybridized carbons (Fsp3) is 0.273. The molecule has 2 heterocycles. The number of hydrogen-bond donors (Lipinski definition) is 2. The van der Waals surface area contributed by atoms with Crippen LogP contribution in [-0.2, 0) is 10.2 Å². The first-order chi connectivity index (χ1) is 13.9. The zero-order valence-electron chi connectivity index (χ0n) is 16.3. The number of hydrogen-bond acceptors (Lipinski definition) is 4. The highest BCUT2D eigenvalue weighted by molar-refractivity contribution is 6.10. The molecular formula is C22H21N5O2. The van der Waals surface area contributed by atoms with Crippen molar-refractivity contribution in [3.63, 3.8) is 0 Å². The van der Waals surface area contributed by atoms with Gasteiger partial charge in [-0.3, -0.25) is 14.9 Å². The molecule has 0 bridgehead atoms. The molecule has 0 saturated heterocycles. The summed E-state index contributed by atoms with van der Waals surface area (Å²) in [4.78, 5) is 34.6. The van der Waals surface area contributed by atoms with E-state index in [1.807, 2.05) is 32.0 Å². The smallest absolute Gasteiger partial charge is 0.257 e. The third-order valence-electron chi connectivity index (χ3n) is 5.28. The number of rotatable bonds is 5. The standard InChI is InChI=1S/C22H21N5O2/c1-22(2)15-12-16-17(13-18(15)27(20(22)29)11-7-6-10-23)25-21(24-16)26-19(28)14-8-4-3-5-9-14/h3-5,8-9,12-13H,6-7,11H2,1-2H3,(H2,24,25,26,28). The molecule has 0 saturated carbocycles. The number of nitrogens with zero attached hydrogens (tertiary/aromatic N) is 3. The Balaban J connectivity index is 1.67. The largest absolute Gasteiger partial charge is 0.324 e. The van der Waals surface area contributed by atoms with Gasteiger partial charge in [0, 0.05) is 18.5 Å². The molecule has 0 fully saturated rings. The highest BCUT2D eigenvalue weighted by atomic mass is 16.2. The van der Waals surface area contributed by atoms with Gasteiger partial charge in [0.05, 0.1) is 28.2 Å². The lowest BCUT2D eigenvalue weighted by molar-refractivity contribution is -0.122. The van der Waals surface area contributed by atoms with Crippen molar-refractivity contribution in [2.24, 2.45) is 0 Å². The fourth-order valence-electron chi connectivity index (χ4n) is 3.70. The van der Waals surface area contributed by atoms with E-state index in [0.717, 1.165) is 16.8 Å². The molecule has 7 heteroatoms. The van der Waals surface area contributed by atoms with Crippen LogP contribution in [0.15, 0.2) is 42.5 Å². The Morgan fingerprint density at radius 2 is 2.03 bits per heavy atom. The molecule has 0 spiro atoms. The van der Waals surface area contributed by atoms with Crippen LogP contribution in [0.1, 0.15) is 42.6 Å². The van der Waals surface area contributed by atoms with E-state index in [1.165, 1.54) is 0 Å². The number of unbranched alkanes of at least 4 members (excludes halogenated alkanes) is 1. The molecule has 1 aliphatic rings. The Hall–Kier alpha value is -3.66. The van der Waals surface area contributed by atoms with Crippen molar-refractivity contribution in [1.29, 1.82) is 5.26 Å². The summed E-state index contributed by atoms with van der Waals surface area (Å²) in [6.07, 6.45) is 1.03. The van der Waals surface area contributed by atoms with Gasteiger partial charge in [-0.25, -0.2) is 4.98 Å². The van der Waals surface area contributed by atoms with E-state index < -0.39 is 5.41 Å². The molecule has 2 N–H and O–H groups in total. The average Bonchev–Trinajstić information content (AvgIpc) is 3.18. The van der Waals surface area contributed by atoms with Crippen LogP contribution in [0, 0.1) is 11.3 Å². The molecule has 0 atom stereocenters. The van der Waals surface area contributed by atoms with Crippen molar-refractivity contribution < 1.29 is 9.59 Å². The summed E-state index contributed by atoms with van der Waals surface area (Å²) < 4.78 is 0. The number of aromatic amines is 1. The fourth-order valence-corrected chi connectivity index (χ4v) is 3.70. The monoisotopic (exact) mass is 387 g/mol. The van der Waals surface area contributed by atoms with E-state index in [1.54, 1.807) is 29.2 Å². The van der Waals surface area contributed by atoms with Crippen LogP contribution in [0.25, 0.3) is 11.0 Å². The molecule has 146 valence electrons.